The van der Waals surface area contributed by atoms with Crippen LogP contribution in [-0.2, 0) is 4.79 Å². The van der Waals surface area contributed by atoms with Crippen molar-refractivity contribution in [3.05, 3.63) is 17.5 Å². The molecular formula is C10H15N3O2. The van der Waals surface area contributed by atoms with E-state index in [1.165, 1.54) is 0 Å². The summed E-state index contributed by atoms with van der Waals surface area (Å²) in [6.45, 7) is 3.02. The summed E-state index contributed by atoms with van der Waals surface area (Å²) in [6.07, 6.45) is 2.74. The van der Waals surface area contributed by atoms with E-state index in [1.807, 2.05) is 6.92 Å². The Morgan fingerprint density at radius 3 is 3.20 bits per heavy atom. The zero-order chi connectivity index (χ0) is 10.8. The van der Waals surface area contributed by atoms with Crippen molar-refractivity contribution in [2.45, 2.75) is 19.3 Å². The van der Waals surface area contributed by atoms with E-state index >= 15 is 0 Å². The Morgan fingerprint density at radius 2 is 2.60 bits per heavy atom. The first-order chi connectivity index (χ1) is 7.22. The molecule has 1 aromatic heterocycles. The Labute approximate surface area is 88.1 Å². The number of carbonyl (C=O) groups is 1. The van der Waals surface area contributed by atoms with Gasteiger partial charge in [-0.3, -0.25) is 9.89 Å². The molecule has 2 heterocycles. The molecule has 1 saturated heterocycles. The Hall–Kier alpha value is -1.36. The molecule has 0 saturated carbocycles. The number of aryl methyl sites for hydroxylation is 1. The van der Waals surface area contributed by atoms with Gasteiger partial charge in [0.1, 0.15) is 6.61 Å². The molecule has 82 valence electrons. The number of nitrogens with one attached hydrogen (secondary N) is 1. The van der Waals surface area contributed by atoms with Crippen molar-refractivity contribution in [3.63, 3.8) is 0 Å². The highest BCUT2D eigenvalue weighted by atomic mass is 16.3. The van der Waals surface area contributed by atoms with E-state index in [0.29, 0.717) is 12.5 Å². The van der Waals surface area contributed by atoms with E-state index in [1.54, 1.807) is 11.1 Å². The van der Waals surface area contributed by atoms with E-state index < -0.39 is 6.61 Å². The Balaban J connectivity index is 2.05. The van der Waals surface area contributed by atoms with Gasteiger partial charge in [0.25, 0.3) is 0 Å². The molecule has 0 aliphatic carbocycles. The minimum Gasteiger partial charge on any atom is -0.387 e. The number of aromatic nitrogens is 2. The number of aliphatic hydroxyl groups is 1. The molecule has 5 nitrogen and oxygen atoms in total. The van der Waals surface area contributed by atoms with Crippen molar-refractivity contribution >= 4 is 5.91 Å². The third-order valence-corrected chi connectivity index (χ3v) is 2.95. The van der Waals surface area contributed by atoms with Crippen molar-refractivity contribution in [1.82, 2.24) is 15.1 Å². The standard InChI is InChI=1S/C10H15N3O2/c1-7-4-11-12-10(7)8-2-3-13(5-8)9(15)6-14/h4,8,14H,2-3,5-6H2,1H3,(H,11,12)/t8-/m1/s1. The molecular weight excluding hydrogens is 194 g/mol. The summed E-state index contributed by atoms with van der Waals surface area (Å²) < 4.78 is 0. The monoisotopic (exact) mass is 209 g/mol. The van der Waals surface area contributed by atoms with Gasteiger partial charge in [0.15, 0.2) is 0 Å². The minimum atomic E-state index is -0.394. The largest absolute Gasteiger partial charge is 0.387 e. The summed E-state index contributed by atoms with van der Waals surface area (Å²) in [5, 5.41) is 15.7. The quantitative estimate of drug-likeness (QED) is 0.721. The van der Waals surface area contributed by atoms with Crippen LogP contribution in [0.25, 0.3) is 0 Å². The second-order valence-electron chi connectivity index (χ2n) is 3.95. The number of aromatic amines is 1. The number of hydrogen-bond acceptors (Lipinski definition) is 3. The van der Waals surface area contributed by atoms with Crippen molar-refractivity contribution in [1.29, 1.82) is 0 Å². The second kappa shape index (κ2) is 4.02. The molecule has 0 bridgehead atoms. The smallest absolute Gasteiger partial charge is 0.248 e. The lowest BCUT2D eigenvalue weighted by molar-refractivity contribution is -0.133. The first-order valence-corrected chi connectivity index (χ1v) is 5.11. The normalized spacial score (nSPS) is 20.9. The van der Waals surface area contributed by atoms with Gasteiger partial charge in [0, 0.05) is 24.7 Å². The maximum atomic E-state index is 11.3. The Bertz CT molecular complexity index is 361. The van der Waals surface area contributed by atoms with E-state index in [0.717, 1.165) is 24.2 Å². The highest BCUT2D eigenvalue weighted by Crippen LogP contribution is 2.27. The average Bonchev–Trinajstić information content (AvgIpc) is 2.84. The molecule has 1 fully saturated rings. The van der Waals surface area contributed by atoms with E-state index in [-0.39, 0.29) is 5.91 Å². The van der Waals surface area contributed by atoms with E-state index in [9.17, 15) is 4.79 Å². The number of amides is 1. The number of aliphatic hydroxyl groups excluding tert-OH is 1. The zero-order valence-electron chi connectivity index (χ0n) is 8.73. The zero-order valence-corrected chi connectivity index (χ0v) is 8.73. The van der Waals surface area contributed by atoms with Gasteiger partial charge in [-0.15, -0.1) is 0 Å². The van der Waals surface area contributed by atoms with Crippen LogP contribution >= 0.6 is 0 Å². The van der Waals surface area contributed by atoms with Gasteiger partial charge in [0.05, 0.1) is 6.20 Å². The molecule has 1 amide bonds. The number of H-pyrrole nitrogens is 1. The number of hydrogen-bond donors (Lipinski definition) is 2. The van der Waals surface area contributed by atoms with Crippen LogP contribution in [-0.4, -0.2) is 45.8 Å². The first kappa shape index (κ1) is 10.2. The molecule has 1 aromatic rings. The number of likely N-dealkylation sites (tertiary alicyclic amines) is 1. The van der Waals surface area contributed by atoms with Crippen LogP contribution in [0, 0.1) is 6.92 Å². The highest BCUT2D eigenvalue weighted by molar-refractivity contribution is 5.77. The van der Waals surface area contributed by atoms with E-state index in [4.69, 9.17) is 5.11 Å². The fourth-order valence-electron chi connectivity index (χ4n) is 2.09. The minimum absolute atomic E-state index is 0.185. The van der Waals surface area contributed by atoms with Crippen LogP contribution in [0.15, 0.2) is 6.20 Å². The van der Waals surface area contributed by atoms with Crippen LogP contribution in [0.5, 0.6) is 0 Å². The molecule has 15 heavy (non-hydrogen) atoms. The van der Waals surface area contributed by atoms with Crippen LogP contribution in [0.2, 0.25) is 0 Å². The Morgan fingerprint density at radius 1 is 1.80 bits per heavy atom. The molecule has 1 atom stereocenters. The number of nitrogens with zero attached hydrogens (tertiary/aromatic N) is 2. The maximum absolute atomic E-state index is 11.3. The van der Waals surface area contributed by atoms with Crippen LogP contribution < -0.4 is 0 Å². The predicted octanol–water partition coefficient (Wildman–Crippen LogP) is 0.0263. The fraction of sp³-hybridized carbons (Fsp3) is 0.600. The third-order valence-electron chi connectivity index (χ3n) is 2.95. The topological polar surface area (TPSA) is 69.2 Å². The number of rotatable bonds is 2. The second-order valence-corrected chi connectivity index (χ2v) is 3.95. The summed E-state index contributed by atoms with van der Waals surface area (Å²) in [7, 11) is 0. The van der Waals surface area contributed by atoms with E-state index in [2.05, 4.69) is 10.2 Å². The van der Waals surface area contributed by atoms with Crippen molar-refractivity contribution in [3.8, 4) is 0 Å². The van der Waals surface area contributed by atoms with Crippen LogP contribution in [0.3, 0.4) is 0 Å². The lowest BCUT2D eigenvalue weighted by atomic mass is 10.0. The van der Waals surface area contributed by atoms with Gasteiger partial charge < -0.3 is 10.0 Å². The number of carbonyl (C=O) groups excluding carboxylic acids is 1. The molecule has 0 aromatic carbocycles. The van der Waals surface area contributed by atoms with Crippen molar-refractivity contribution in [2.24, 2.45) is 0 Å². The lowest BCUT2D eigenvalue weighted by Crippen LogP contribution is -2.30. The van der Waals surface area contributed by atoms with Gasteiger partial charge in [-0.1, -0.05) is 0 Å². The molecule has 2 N–H and O–H groups in total. The summed E-state index contributed by atoms with van der Waals surface area (Å²) >= 11 is 0. The molecule has 0 unspecified atom stereocenters. The Kier molecular flexibility index (Phi) is 2.73. The average molecular weight is 209 g/mol. The van der Waals surface area contributed by atoms with Gasteiger partial charge in [0.2, 0.25) is 5.91 Å². The highest BCUT2D eigenvalue weighted by Gasteiger charge is 2.28. The summed E-state index contributed by atoms with van der Waals surface area (Å²) in [5.74, 6) is 0.151. The molecule has 1 aliphatic heterocycles. The molecule has 1 aliphatic rings. The summed E-state index contributed by atoms with van der Waals surface area (Å²) in [6, 6.07) is 0. The maximum Gasteiger partial charge on any atom is 0.248 e. The van der Waals surface area contributed by atoms with Crippen molar-refractivity contribution in [2.75, 3.05) is 19.7 Å². The molecule has 0 radical (unpaired) electrons. The molecule has 0 spiro atoms. The molecule has 5 heteroatoms. The summed E-state index contributed by atoms with van der Waals surface area (Å²) in [4.78, 5) is 13.0. The SMILES string of the molecule is Cc1cn[nH]c1[C@@H]1CCN(C(=O)CO)C1. The fourth-order valence-corrected chi connectivity index (χ4v) is 2.09. The van der Waals surface area contributed by atoms with Crippen LogP contribution in [0.4, 0.5) is 0 Å². The predicted molar refractivity (Wildman–Crippen MR) is 54.3 cm³/mol. The van der Waals surface area contributed by atoms with Crippen LogP contribution in [0.1, 0.15) is 23.6 Å². The molecule has 2 rings (SSSR count). The summed E-state index contributed by atoms with van der Waals surface area (Å²) in [5.41, 5.74) is 2.25. The third kappa shape index (κ3) is 1.87. The van der Waals surface area contributed by atoms with Gasteiger partial charge in [-0.25, -0.2) is 0 Å². The van der Waals surface area contributed by atoms with Gasteiger partial charge in [-0.05, 0) is 18.9 Å². The van der Waals surface area contributed by atoms with Gasteiger partial charge >= 0.3 is 0 Å². The lowest BCUT2D eigenvalue weighted by Gasteiger charge is -2.14. The first-order valence-electron chi connectivity index (χ1n) is 5.11. The van der Waals surface area contributed by atoms with Gasteiger partial charge in [-0.2, -0.15) is 5.10 Å². The van der Waals surface area contributed by atoms with Crippen molar-refractivity contribution < 1.29 is 9.90 Å².